The first-order valence-corrected chi connectivity index (χ1v) is 13.5. The molecule has 10 nitrogen and oxygen atoms in total. The van der Waals surface area contributed by atoms with Gasteiger partial charge in [0.2, 0.25) is 0 Å². The van der Waals surface area contributed by atoms with Gasteiger partial charge in [-0.25, -0.2) is 9.59 Å². The average Bonchev–Trinajstić information content (AvgIpc) is 2.94. The van der Waals surface area contributed by atoms with Gasteiger partial charge in [0, 0.05) is 35.5 Å². The van der Waals surface area contributed by atoms with Crippen LogP contribution < -0.4 is 10.1 Å². The van der Waals surface area contributed by atoms with E-state index in [1.165, 1.54) is 25.3 Å². The number of nitrogens with zero attached hydrogens (tertiary/aromatic N) is 1. The van der Waals surface area contributed by atoms with Crippen LogP contribution in [-0.2, 0) is 25.5 Å². The summed E-state index contributed by atoms with van der Waals surface area (Å²) < 4.78 is 17.2. The highest BCUT2D eigenvalue weighted by Gasteiger charge is 2.39. The number of aromatic hydroxyl groups is 1. The van der Waals surface area contributed by atoms with Crippen molar-refractivity contribution in [3.8, 4) is 11.5 Å². The number of ether oxygens (including phenoxy) is 3. The van der Waals surface area contributed by atoms with Crippen LogP contribution >= 0.6 is 0 Å². The molecule has 0 fully saturated rings. The van der Waals surface area contributed by atoms with Gasteiger partial charge in [-0.1, -0.05) is 12.1 Å². The van der Waals surface area contributed by atoms with Gasteiger partial charge in [-0.05, 0) is 76.6 Å². The number of nitro groups is 1. The van der Waals surface area contributed by atoms with Gasteiger partial charge in [0.1, 0.15) is 17.1 Å². The van der Waals surface area contributed by atoms with Gasteiger partial charge in [-0.2, -0.15) is 0 Å². The molecule has 2 aromatic rings. The van der Waals surface area contributed by atoms with E-state index in [2.05, 4.69) is 5.32 Å². The first-order valence-electron chi connectivity index (χ1n) is 13.5. The van der Waals surface area contributed by atoms with E-state index in [0.717, 1.165) is 34.4 Å². The molecule has 0 saturated carbocycles. The molecule has 0 saturated heterocycles. The Morgan fingerprint density at radius 2 is 1.76 bits per heavy atom. The van der Waals surface area contributed by atoms with Crippen LogP contribution in [0.15, 0.2) is 46.8 Å². The lowest BCUT2D eigenvalue weighted by molar-refractivity contribution is -0.384. The number of phenols is 1. The summed E-state index contributed by atoms with van der Waals surface area (Å²) in [4.78, 5) is 37.4. The molecule has 2 N–H and O–H groups in total. The Kier molecular flexibility index (Phi) is 8.15. The Hall–Kier alpha value is -4.34. The number of nitrogens with one attached hydrogen (secondary N) is 1. The molecule has 0 aromatic heterocycles. The fourth-order valence-electron chi connectivity index (χ4n) is 5.70. The van der Waals surface area contributed by atoms with Crippen LogP contribution in [0, 0.1) is 30.9 Å². The first-order chi connectivity index (χ1) is 19.3. The Labute approximate surface area is 239 Å². The lowest BCUT2D eigenvalue weighted by atomic mass is 9.80. The van der Waals surface area contributed by atoms with E-state index in [9.17, 15) is 24.8 Å². The van der Waals surface area contributed by atoms with Crippen LogP contribution in [0.2, 0.25) is 0 Å². The summed E-state index contributed by atoms with van der Waals surface area (Å²) in [6, 6.07) is 5.86. The quantitative estimate of drug-likeness (QED) is 0.259. The molecular weight excluding hydrogens is 528 g/mol. The smallest absolute Gasteiger partial charge is 0.336 e. The van der Waals surface area contributed by atoms with Crippen LogP contribution in [0.5, 0.6) is 11.5 Å². The normalized spacial score (nSPS) is 20.1. The van der Waals surface area contributed by atoms with Gasteiger partial charge in [0.15, 0.2) is 0 Å². The third-order valence-corrected chi connectivity index (χ3v) is 8.26. The number of carbonyl (C=O) groups excluding carboxylic acids is 2. The van der Waals surface area contributed by atoms with Crippen molar-refractivity contribution in [2.75, 3.05) is 13.7 Å². The van der Waals surface area contributed by atoms with E-state index in [1.54, 1.807) is 19.9 Å². The molecule has 2 heterocycles. The van der Waals surface area contributed by atoms with Gasteiger partial charge >= 0.3 is 11.9 Å². The predicted octanol–water partition coefficient (Wildman–Crippen LogP) is 5.35. The van der Waals surface area contributed by atoms with Crippen LogP contribution in [0.3, 0.4) is 0 Å². The minimum absolute atomic E-state index is 0.0501. The number of esters is 2. The number of hydrogen-bond acceptors (Lipinski definition) is 9. The summed E-state index contributed by atoms with van der Waals surface area (Å²) in [5, 5.41) is 25.0. The van der Waals surface area contributed by atoms with Crippen molar-refractivity contribution in [1.82, 2.24) is 5.32 Å². The zero-order valence-electron chi connectivity index (χ0n) is 24.5. The maximum atomic E-state index is 13.6. The number of benzene rings is 2. The zero-order chi connectivity index (χ0) is 30.2. The van der Waals surface area contributed by atoms with Crippen molar-refractivity contribution >= 4 is 17.6 Å². The second-order valence-electron chi connectivity index (χ2n) is 10.9. The molecule has 10 heteroatoms. The number of nitro benzene ring substituents is 1. The maximum absolute atomic E-state index is 13.6. The molecular formula is C31H36N2O8. The van der Waals surface area contributed by atoms with Crippen LogP contribution in [-0.4, -0.2) is 41.3 Å². The number of allylic oxidation sites excluding steroid dienone is 2. The van der Waals surface area contributed by atoms with E-state index in [1.807, 2.05) is 27.7 Å². The maximum Gasteiger partial charge on any atom is 0.336 e. The van der Waals surface area contributed by atoms with Crippen molar-refractivity contribution in [2.45, 2.75) is 72.3 Å². The van der Waals surface area contributed by atoms with E-state index >= 15 is 0 Å². The third-order valence-electron chi connectivity index (χ3n) is 8.26. The predicted molar refractivity (Wildman–Crippen MR) is 152 cm³/mol. The topological polar surface area (TPSA) is 137 Å². The minimum Gasteiger partial charge on any atom is -0.507 e. The lowest BCUT2D eigenvalue weighted by Crippen LogP contribution is -2.39. The summed E-state index contributed by atoms with van der Waals surface area (Å²) in [6.45, 7) is 11.1. The molecule has 0 amide bonds. The number of phenolic OH excluding ortho intramolecular Hbond substituents is 1. The number of dihydropyridines is 1. The standard InChI is InChI=1S/C31H36N2O8/c1-16-17(2)28-23(18(3)27(16)34)11-12-31(6,41-28)13-14-40-30(36)25-20(5)32-19(4)24(29(35)39-7)26(25)21-9-8-10-22(15-21)33(37)38/h8-10,15,26,32,34H,11-14H2,1-7H3/t26-,31?/m1/s1. The molecule has 4 rings (SSSR count). The van der Waals surface area contributed by atoms with Crippen LogP contribution in [0.25, 0.3) is 0 Å². The largest absolute Gasteiger partial charge is 0.507 e. The Bertz CT molecular complexity index is 1510. The minimum atomic E-state index is -0.925. The summed E-state index contributed by atoms with van der Waals surface area (Å²) >= 11 is 0. The van der Waals surface area contributed by atoms with Gasteiger partial charge < -0.3 is 24.6 Å². The average molecular weight is 565 g/mol. The summed E-state index contributed by atoms with van der Waals surface area (Å²) in [5.74, 6) is -1.17. The highest BCUT2D eigenvalue weighted by molar-refractivity contribution is 5.99. The molecule has 2 aliphatic heterocycles. The third kappa shape index (κ3) is 5.51. The highest BCUT2D eigenvalue weighted by atomic mass is 16.6. The number of non-ortho nitro benzene ring substituents is 1. The highest BCUT2D eigenvalue weighted by Crippen LogP contribution is 2.44. The second kappa shape index (κ2) is 11.3. The van der Waals surface area contributed by atoms with E-state index < -0.39 is 28.4 Å². The van der Waals surface area contributed by atoms with Crippen molar-refractivity contribution in [1.29, 1.82) is 0 Å². The van der Waals surface area contributed by atoms with Gasteiger partial charge in [-0.3, -0.25) is 10.1 Å². The summed E-state index contributed by atoms with van der Waals surface area (Å²) in [5.41, 5.74) is 4.42. The number of rotatable bonds is 7. The number of fused-ring (bicyclic) bond motifs is 1. The summed E-state index contributed by atoms with van der Waals surface area (Å²) in [6.07, 6.45) is 1.81. The fraction of sp³-hybridized carbons (Fsp3) is 0.419. The van der Waals surface area contributed by atoms with Gasteiger partial charge in [0.25, 0.3) is 5.69 Å². The van der Waals surface area contributed by atoms with Crippen molar-refractivity contribution < 1.29 is 33.8 Å². The SMILES string of the molecule is COC(=O)C1=C(C)NC(C)=C(C(=O)OCCC2(C)CCc3c(C)c(O)c(C)c(C)c3O2)[C@@H]1c1cccc([N+](=O)[O-])c1. The monoisotopic (exact) mass is 564 g/mol. The molecule has 218 valence electrons. The molecule has 0 aliphatic carbocycles. The van der Waals surface area contributed by atoms with Crippen molar-refractivity contribution in [2.24, 2.45) is 0 Å². The lowest BCUT2D eigenvalue weighted by Gasteiger charge is -2.38. The molecule has 0 bridgehead atoms. The van der Waals surface area contributed by atoms with E-state index in [4.69, 9.17) is 14.2 Å². The summed E-state index contributed by atoms with van der Waals surface area (Å²) in [7, 11) is 1.24. The van der Waals surface area contributed by atoms with Crippen molar-refractivity contribution in [3.63, 3.8) is 0 Å². The molecule has 0 radical (unpaired) electrons. The molecule has 2 atom stereocenters. The van der Waals surface area contributed by atoms with Crippen LogP contribution in [0.1, 0.15) is 67.3 Å². The number of hydrogen-bond donors (Lipinski definition) is 2. The van der Waals surface area contributed by atoms with Crippen LogP contribution in [0.4, 0.5) is 5.69 Å². The van der Waals surface area contributed by atoms with E-state index in [-0.39, 0.29) is 23.4 Å². The molecule has 1 unspecified atom stereocenters. The van der Waals surface area contributed by atoms with Gasteiger partial charge in [-0.15, -0.1) is 0 Å². The molecule has 2 aliphatic rings. The number of carbonyl (C=O) groups is 2. The molecule has 2 aromatic carbocycles. The van der Waals surface area contributed by atoms with Crippen molar-refractivity contribution in [3.05, 3.63) is 84.7 Å². The zero-order valence-corrected chi connectivity index (χ0v) is 24.5. The Balaban J connectivity index is 1.58. The fourth-order valence-corrected chi connectivity index (χ4v) is 5.70. The molecule has 41 heavy (non-hydrogen) atoms. The van der Waals surface area contributed by atoms with Gasteiger partial charge in [0.05, 0.1) is 35.7 Å². The second-order valence-corrected chi connectivity index (χ2v) is 10.9. The Morgan fingerprint density at radius 1 is 1.10 bits per heavy atom. The molecule has 0 spiro atoms. The van der Waals surface area contributed by atoms with E-state index in [0.29, 0.717) is 35.5 Å². The Morgan fingerprint density at radius 3 is 2.39 bits per heavy atom. The first kappa shape index (κ1) is 29.6. The number of methoxy groups -OCH3 is 1.